The monoisotopic (exact) mass is 437 g/mol. The summed E-state index contributed by atoms with van der Waals surface area (Å²) in [4.78, 5) is 30.7. The maximum atomic E-state index is 13.1. The van der Waals surface area contributed by atoms with Crippen molar-refractivity contribution < 1.29 is 4.79 Å². The molecule has 0 aliphatic heterocycles. The number of benzene rings is 2. The van der Waals surface area contributed by atoms with Gasteiger partial charge in [0.15, 0.2) is 0 Å². The van der Waals surface area contributed by atoms with Gasteiger partial charge in [0, 0.05) is 21.7 Å². The highest BCUT2D eigenvalue weighted by Crippen LogP contribution is 2.30. The second-order valence-corrected chi connectivity index (χ2v) is 8.36. The number of carbonyl (C=O) groups is 1. The zero-order chi connectivity index (χ0) is 21.3. The topological polar surface area (TPSA) is 64.0 Å². The third kappa shape index (κ3) is 4.01. The molecule has 0 saturated heterocycles. The second-order valence-electron chi connectivity index (χ2n) is 7.07. The predicted molar refractivity (Wildman–Crippen MR) is 124 cm³/mol. The summed E-state index contributed by atoms with van der Waals surface area (Å²) < 4.78 is 1.35. The van der Waals surface area contributed by atoms with E-state index in [-0.39, 0.29) is 18.0 Å². The molecule has 5 nitrogen and oxygen atoms in total. The summed E-state index contributed by atoms with van der Waals surface area (Å²) in [6, 6.07) is 13.4. The highest BCUT2D eigenvalue weighted by molar-refractivity contribution is 7.17. The first-order valence-electron chi connectivity index (χ1n) is 9.58. The lowest BCUT2D eigenvalue weighted by Crippen LogP contribution is -2.28. The van der Waals surface area contributed by atoms with Crippen LogP contribution in [0.2, 0.25) is 5.02 Å². The second kappa shape index (κ2) is 8.42. The van der Waals surface area contributed by atoms with E-state index >= 15 is 0 Å². The van der Waals surface area contributed by atoms with Crippen molar-refractivity contribution in [1.29, 1.82) is 0 Å². The summed E-state index contributed by atoms with van der Waals surface area (Å²) >= 11 is 7.39. The fourth-order valence-corrected chi connectivity index (χ4v) is 4.46. The van der Waals surface area contributed by atoms with Crippen LogP contribution < -0.4 is 10.9 Å². The molecule has 7 heteroatoms. The molecule has 0 aliphatic carbocycles. The van der Waals surface area contributed by atoms with Gasteiger partial charge in [-0.05, 0) is 48.2 Å². The molecule has 2 heterocycles. The van der Waals surface area contributed by atoms with E-state index in [1.807, 2.05) is 24.4 Å². The summed E-state index contributed by atoms with van der Waals surface area (Å²) in [6.45, 7) is 3.85. The minimum atomic E-state index is -0.298. The lowest BCUT2D eigenvalue weighted by molar-refractivity contribution is -0.116. The Morgan fingerprint density at radius 1 is 1.20 bits per heavy atom. The Kier molecular flexibility index (Phi) is 5.70. The standard InChI is InChI=1S/C23H20ClN3O2S/c1-3-15-4-6-16(7-5-15)18-12-30-22-21(18)23(29)27(13-25-22)11-20(28)26-19-9-8-17(24)10-14(19)2/h4-10,12-13H,3,11H2,1-2H3,(H,26,28). The number of aromatic nitrogens is 2. The Morgan fingerprint density at radius 3 is 2.67 bits per heavy atom. The van der Waals surface area contributed by atoms with Crippen LogP contribution in [-0.2, 0) is 17.8 Å². The largest absolute Gasteiger partial charge is 0.324 e. The Balaban J connectivity index is 1.64. The molecule has 1 N–H and O–H groups in total. The fourth-order valence-electron chi connectivity index (χ4n) is 3.32. The number of carbonyl (C=O) groups excluding carboxylic acids is 1. The highest BCUT2D eigenvalue weighted by Gasteiger charge is 2.15. The van der Waals surface area contributed by atoms with Crippen molar-refractivity contribution in [3.8, 4) is 11.1 Å². The van der Waals surface area contributed by atoms with E-state index < -0.39 is 0 Å². The number of hydrogen-bond donors (Lipinski definition) is 1. The van der Waals surface area contributed by atoms with Crippen molar-refractivity contribution >= 4 is 44.7 Å². The predicted octanol–water partition coefficient (Wildman–Crippen LogP) is 5.29. The lowest BCUT2D eigenvalue weighted by Gasteiger charge is -2.10. The number of anilines is 1. The van der Waals surface area contributed by atoms with Crippen molar-refractivity contribution in [2.75, 3.05) is 5.32 Å². The summed E-state index contributed by atoms with van der Waals surface area (Å²) in [6.07, 6.45) is 2.39. The first-order valence-corrected chi connectivity index (χ1v) is 10.8. The van der Waals surface area contributed by atoms with Gasteiger partial charge in [0.1, 0.15) is 11.4 Å². The van der Waals surface area contributed by atoms with Gasteiger partial charge in [-0.3, -0.25) is 14.2 Å². The summed E-state index contributed by atoms with van der Waals surface area (Å²) in [7, 11) is 0. The maximum absolute atomic E-state index is 13.1. The van der Waals surface area contributed by atoms with E-state index in [1.54, 1.807) is 18.2 Å². The summed E-state index contributed by atoms with van der Waals surface area (Å²) in [5.41, 5.74) is 4.35. The zero-order valence-electron chi connectivity index (χ0n) is 16.6. The third-order valence-corrected chi connectivity index (χ3v) is 6.13. The number of nitrogens with zero attached hydrogens (tertiary/aromatic N) is 2. The number of hydrogen-bond acceptors (Lipinski definition) is 4. The Morgan fingerprint density at radius 2 is 1.97 bits per heavy atom. The van der Waals surface area contributed by atoms with Gasteiger partial charge in [-0.25, -0.2) is 4.98 Å². The molecule has 0 atom stereocenters. The molecule has 0 bridgehead atoms. The lowest BCUT2D eigenvalue weighted by atomic mass is 10.0. The Hall–Kier alpha value is -2.96. The van der Waals surface area contributed by atoms with Crippen molar-refractivity contribution in [1.82, 2.24) is 9.55 Å². The van der Waals surface area contributed by atoms with Crippen LogP contribution in [0.15, 0.2) is 59.0 Å². The van der Waals surface area contributed by atoms with Crippen LogP contribution in [0.5, 0.6) is 0 Å². The Bertz CT molecular complexity index is 1290. The molecule has 30 heavy (non-hydrogen) atoms. The number of rotatable bonds is 5. The van der Waals surface area contributed by atoms with Crippen LogP contribution in [0.25, 0.3) is 21.3 Å². The van der Waals surface area contributed by atoms with Crippen LogP contribution in [0.3, 0.4) is 0 Å². The van der Waals surface area contributed by atoms with Crippen LogP contribution >= 0.6 is 22.9 Å². The fraction of sp³-hybridized carbons (Fsp3) is 0.174. The smallest absolute Gasteiger partial charge is 0.263 e. The summed E-state index contributed by atoms with van der Waals surface area (Å²) in [5.74, 6) is -0.298. The minimum Gasteiger partial charge on any atom is -0.324 e. The average molecular weight is 438 g/mol. The summed E-state index contributed by atoms with van der Waals surface area (Å²) in [5, 5.41) is 5.93. The number of amides is 1. The Labute approximate surface area is 183 Å². The zero-order valence-corrected chi connectivity index (χ0v) is 18.2. The van der Waals surface area contributed by atoms with Gasteiger partial charge in [0.25, 0.3) is 5.56 Å². The van der Waals surface area contributed by atoms with Crippen LogP contribution in [0, 0.1) is 6.92 Å². The molecule has 0 aliphatic rings. The van der Waals surface area contributed by atoms with Gasteiger partial charge in [0.05, 0.1) is 11.7 Å². The molecule has 0 unspecified atom stereocenters. The van der Waals surface area contributed by atoms with Gasteiger partial charge in [-0.1, -0.05) is 42.8 Å². The first kappa shape index (κ1) is 20.3. The number of nitrogens with one attached hydrogen (secondary N) is 1. The molecule has 0 spiro atoms. The SMILES string of the molecule is CCc1ccc(-c2csc3ncn(CC(=O)Nc4ccc(Cl)cc4C)c(=O)c23)cc1. The van der Waals surface area contributed by atoms with Crippen molar-refractivity contribution in [2.24, 2.45) is 0 Å². The van der Waals surface area contributed by atoms with Crippen molar-refractivity contribution in [3.05, 3.63) is 80.7 Å². The highest BCUT2D eigenvalue weighted by atomic mass is 35.5. The quantitative estimate of drug-likeness (QED) is 0.461. The minimum absolute atomic E-state index is 0.117. The number of halogens is 1. The molecule has 0 fully saturated rings. The average Bonchev–Trinajstić information content (AvgIpc) is 3.17. The van der Waals surface area contributed by atoms with E-state index in [4.69, 9.17) is 11.6 Å². The molecule has 2 aromatic carbocycles. The number of fused-ring (bicyclic) bond motifs is 1. The van der Waals surface area contributed by atoms with Gasteiger partial charge in [-0.2, -0.15) is 0 Å². The molecular formula is C23H20ClN3O2S. The van der Waals surface area contributed by atoms with E-state index in [9.17, 15) is 9.59 Å². The molecule has 152 valence electrons. The molecule has 0 saturated carbocycles. The number of thiophene rings is 1. The van der Waals surface area contributed by atoms with Crippen LogP contribution in [0.1, 0.15) is 18.1 Å². The molecule has 4 rings (SSSR count). The first-order chi connectivity index (χ1) is 14.5. The van der Waals surface area contributed by atoms with Crippen molar-refractivity contribution in [2.45, 2.75) is 26.8 Å². The van der Waals surface area contributed by atoms with Gasteiger partial charge in [-0.15, -0.1) is 11.3 Å². The van der Waals surface area contributed by atoms with E-state index in [0.29, 0.717) is 20.9 Å². The van der Waals surface area contributed by atoms with Gasteiger partial charge < -0.3 is 5.32 Å². The number of aryl methyl sites for hydroxylation is 2. The molecule has 4 aromatic rings. The molecular weight excluding hydrogens is 418 g/mol. The van der Waals surface area contributed by atoms with Crippen molar-refractivity contribution in [3.63, 3.8) is 0 Å². The van der Waals surface area contributed by atoms with E-state index in [2.05, 4.69) is 29.4 Å². The van der Waals surface area contributed by atoms with E-state index in [0.717, 1.165) is 23.1 Å². The maximum Gasteiger partial charge on any atom is 0.263 e. The normalized spacial score (nSPS) is 11.0. The van der Waals surface area contributed by atoms with E-state index in [1.165, 1.54) is 27.8 Å². The third-order valence-electron chi connectivity index (χ3n) is 5.01. The van der Waals surface area contributed by atoms with Crippen LogP contribution in [0.4, 0.5) is 5.69 Å². The van der Waals surface area contributed by atoms with Crippen LogP contribution in [-0.4, -0.2) is 15.5 Å². The van der Waals surface area contributed by atoms with Gasteiger partial charge in [0.2, 0.25) is 5.91 Å². The van der Waals surface area contributed by atoms with Gasteiger partial charge >= 0.3 is 0 Å². The molecule has 0 radical (unpaired) electrons. The molecule has 1 amide bonds. The molecule has 2 aromatic heterocycles.